The van der Waals surface area contributed by atoms with Crippen molar-refractivity contribution >= 4 is 0 Å². The zero-order valence-corrected chi connectivity index (χ0v) is 8.77. The van der Waals surface area contributed by atoms with Crippen LogP contribution in [0.25, 0.3) is 11.3 Å². The standard InChI is InChI=1S/C12H13N3O/c13-12(5-6-12)9-7-14-15-11(9)8-3-1-2-4-10(8)16/h1-4,7,16H,5-6,13H2,(H,14,15). The van der Waals surface area contributed by atoms with Gasteiger partial charge < -0.3 is 10.8 Å². The molecule has 1 heterocycles. The number of aromatic nitrogens is 2. The highest BCUT2D eigenvalue weighted by Crippen LogP contribution is 2.46. The van der Waals surface area contributed by atoms with Crippen LogP contribution in [0.3, 0.4) is 0 Å². The number of nitrogens with two attached hydrogens (primary N) is 1. The number of phenols is 1. The first-order chi connectivity index (χ1) is 7.71. The quantitative estimate of drug-likeness (QED) is 0.714. The van der Waals surface area contributed by atoms with Gasteiger partial charge in [0.05, 0.1) is 11.9 Å². The second kappa shape index (κ2) is 3.09. The zero-order chi connectivity index (χ0) is 11.2. The van der Waals surface area contributed by atoms with E-state index in [0.29, 0.717) is 0 Å². The Morgan fingerprint density at radius 3 is 2.75 bits per heavy atom. The molecule has 16 heavy (non-hydrogen) atoms. The van der Waals surface area contributed by atoms with E-state index < -0.39 is 0 Å². The van der Waals surface area contributed by atoms with E-state index in [0.717, 1.165) is 29.7 Å². The Kier molecular flexibility index (Phi) is 1.82. The van der Waals surface area contributed by atoms with Gasteiger partial charge >= 0.3 is 0 Å². The number of para-hydroxylation sites is 1. The Balaban J connectivity index is 2.14. The number of aromatic hydroxyl groups is 1. The third kappa shape index (κ3) is 1.31. The van der Waals surface area contributed by atoms with E-state index >= 15 is 0 Å². The van der Waals surface area contributed by atoms with Gasteiger partial charge in [0.25, 0.3) is 0 Å². The molecule has 1 saturated carbocycles. The number of rotatable bonds is 2. The molecule has 1 aliphatic rings. The summed E-state index contributed by atoms with van der Waals surface area (Å²) in [6.07, 6.45) is 3.72. The zero-order valence-electron chi connectivity index (χ0n) is 8.77. The van der Waals surface area contributed by atoms with Crippen LogP contribution in [0, 0.1) is 0 Å². The highest BCUT2D eigenvalue weighted by Gasteiger charge is 2.42. The summed E-state index contributed by atoms with van der Waals surface area (Å²) in [7, 11) is 0. The summed E-state index contributed by atoms with van der Waals surface area (Å²) in [5.41, 5.74) is 8.50. The fourth-order valence-electron chi connectivity index (χ4n) is 1.96. The third-order valence-corrected chi connectivity index (χ3v) is 3.14. The topological polar surface area (TPSA) is 74.9 Å². The predicted octanol–water partition coefficient (Wildman–Crippen LogP) is 1.73. The van der Waals surface area contributed by atoms with Gasteiger partial charge in [-0.25, -0.2) is 0 Å². The molecule has 4 heteroatoms. The Hall–Kier alpha value is -1.81. The first-order valence-corrected chi connectivity index (χ1v) is 5.32. The van der Waals surface area contributed by atoms with Gasteiger partial charge in [0.15, 0.2) is 0 Å². The maximum Gasteiger partial charge on any atom is 0.124 e. The minimum atomic E-state index is -0.245. The van der Waals surface area contributed by atoms with E-state index in [-0.39, 0.29) is 11.3 Å². The molecule has 0 radical (unpaired) electrons. The fraction of sp³-hybridized carbons (Fsp3) is 0.250. The van der Waals surface area contributed by atoms with Gasteiger partial charge in [-0.1, -0.05) is 12.1 Å². The summed E-state index contributed by atoms with van der Waals surface area (Å²) < 4.78 is 0. The molecule has 4 nitrogen and oxygen atoms in total. The van der Waals surface area contributed by atoms with E-state index in [1.165, 1.54) is 0 Å². The molecular formula is C12H13N3O. The fourth-order valence-corrected chi connectivity index (χ4v) is 1.96. The first kappa shape index (κ1) is 9.42. The number of aromatic amines is 1. The van der Waals surface area contributed by atoms with Gasteiger partial charge in [0.2, 0.25) is 0 Å². The van der Waals surface area contributed by atoms with Crippen molar-refractivity contribution in [1.29, 1.82) is 0 Å². The number of hydrogen-bond acceptors (Lipinski definition) is 3. The van der Waals surface area contributed by atoms with Crippen molar-refractivity contribution in [2.45, 2.75) is 18.4 Å². The van der Waals surface area contributed by atoms with Crippen molar-refractivity contribution in [1.82, 2.24) is 10.2 Å². The summed E-state index contributed by atoms with van der Waals surface area (Å²) in [5.74, 6) is 0.247. The Morgan fingerprint density at radius 2 is 2.06 bits per heavy atom. The van der Waals surface area contributed by atoms with E-state index in [2.05, 4.69) is 10.2 Å². The van der Waals surface area contributed by atoms with Gasteiger partial charge in [-0.3, -0.25) is 5.10 Å². The molecule has 1 aliphatic carbocycles. The highest BCUT2D eigenvalue weighted by molar-refractivity contribution is 5.70. The first-order valence-electron chi connectivity index (χ1n) is 5.32. The monoisotopic (exact) mass is 215 g/mol. The van der Waals surface area contributed by atoms with Crippen molar-refractivity contribution in [2.24, 2.45) is 5.73 Å². The molecule has 1 fully saturated rings. The molecule has 3 rings (SSSR count). The van der Waals surface area contributed by atoms with Crippen LogP contribution in [0.5, 0.6) is 5.75 Å². The average molecular weight is 215 g/mol. The summed E-state index contributed by atoms with van der Waals surface area (Å²) in [5, 5.41) is 16.8. The van der Waals surface area contributed by atoms with Gasteiger partial charge in [0.1, 0.15) is 5.75 Å². The lowest BCUT2D eigenvalue weighted by Gasteiger charge is -2.10. The van der Waals surface area contributed by atoms with Crippen LogP contribution in [0.4, 0.5) is 0 Å². The summed E-state index contributed by atoms with van der Waals surface area (Å²) >= 11 is 0. The van der Waals surface area contributed by atoms with E-state index in [9.17, 15) is 5.11 Å². The largest absolute Gasteiger partial charge is 0.507 e. The van der Waals surface area contributed by atoms with E-state index in [1.807, 2.05) is 12.1 Å². The molecule has 0 aliphatic heterocycles. The van der Waals surface area contributed by atoms with Crippen molar-refractivity contribution < 1.29 is 5.11 Å². The van der Waals surface area contributed by atoms with Crippen LogP contribution >= 0.6 is 0 Å². The predicted molar refractivity (Wildman–Crippen MR) is 60.8 cm³/mol. The summed E-state index contributed by atoms with van der Waals surface area (Å²) in [4.78, 5) is 0. The normalized spacial score (nSPS) is 17.3. The lowest BCUT2D eigenvalue weighted by Crippen LogP contribution is -2.18. The second-order valence-corrected chi connectivity index (χ2v) is 4.33. The molecule has 1 aromatic heterocycles. The molecule has 0 saturated heterocycles. The van der Waals surface area contributed by atoms with E-state index in [4.69, 9.17) is 5.73 Å². The Morgan fingerprint density at radius 1 is 1.31 bits per heavy atom. The SMILES string of the molecule is NC1(c2cn[nH]c2-c2ccccc2O)CC1. The number of H-pyrrole nitrogens is 1. The number of benzene rings is 1. The van der Waals surface area contributed by atoms with Crippen LogP contribution in [0.1, 0.15) is 18.4 Å². The number of hydrogen-bond donors (Lipinski definition) is 3. The maximum atomic E-state index is 9.80. The molecule has 2 aromatic rings. The molecule has 0 bridgehead atoms. The molecule has 4 N–H and O–H groups in total. The van der Waals surface area contributed by atoms with Crippen molar-refractivity contribution in [2.75, 3.05) is 0 Å². The van der Waals surface area contributed by atoms with Crippen LogP contribution in [0.2, 0.25) is 0 Å². The van der Waals surface area contributed by atoms with Crippen LogP contribution in [0.15, 0.2) is 30.5 Å². The molecule has 0 unspecified atom stereocenters. The van der Waals surface area contributed by atoms with Crippen LogP contribution < -0.4 is 5.73 Å². The van der Waals surface area contributed by atoms with Gasteiger partial charge in [-0.15, -0.1) is 0 Å². The number of phenolic OH excluding ortho intramolecular Hbond substituents is 1. The van der Waals surface area contributed by atoms with Crippen molar-refractivity contribution in [3.8, 4) is 17.0 Å². The van der Waals surface area contributed by atoms with Gasteiger partial charge in [-0.05, 0) is 25.0 Å². The molecule has 0 atom stereocenters. The van der Waals surface area contributed by atoms with Crippen molar-refractivity contribution in [3.05, 3.63) is 36.0 Å². The number of nitrogens with zero attached hydrogens (tertiary/aromatic N) is 1. The summed E-state index contributed by atoms with van der Waals surface area (Å²) in [6, 6.07) is 7.20. The minimum Gasteiger partial charge on any atom is -0.507 e. The lowest BCUT2D eigenvalue weighted by atomic mass is 10.0. The lowest BCUT2D eigenvalue weighted by molar-refractivity contribution is 0.477. The van der Waals surface area contributed by atoms with E-state index in [1.54, 1.807) is 18.3 Å². The Labute approximate surface area is 93.1 Å². The second-order valence-electron chi connectivity index (χ2n) is 4.33. The molecular weight excluding hydrogens is 202 g/mol. The van der Waals surface area contributed by atoms with Gasteiger partial charge in [-0.2, -0.15) is 5.10 Å². The summed E-state index contributed by atoms with van der Waals surface area (Å²) in [6.45, 7) is 0. The van der Waals surface area contributed by atoms with Crippen molar-refractivity contribution in [3.63, 3.8) is 0 Å². The Bertz CT molecular complexity index is 529. The van der Waals surface area contributed by atoms with Crippen LogP contribution in [-0.2, 0) is 5.54 Å². The maximum absolute atomic E-state index is 9.80. The molecule has 0 spiro atoms. The number of nitrogens with one attached hydrogen (secondary N) is 1. The molecule has 0 amide bonds. The molecule has 82 valence electrons. The van der Waals surface area contributed by atoms with Gasteiger partial charge in [0, 0.05) is 16.7 Å². The smallest absolute Gasteiger partial charge is 0.124 e. The average Bonchev–Trinajstić information content (AvgIpc) is 2.84. The third-order valence-electron chi connectivity index (χ3n) is 3.14. The highest BCUT2D eigenvalue weighted by atomic mass is 16.3. The minimum absolute atomic E-state index is 0.245. The molecule has 1 aromatic carbocycles. The van der Waals surface area contributed by atoms with Crippen LogP contribution in [-0.4, -0.2) is 15.3 Å².